The first-order valence-electron chi connectivity index (χ1n) is 4.22. The molecular weight excluding hydrogens is 150 g/mol. The first-order chi connectivity index (χ1) is 5.70. The second-order valence-corrected chi connectivity index (χ2v) is 3.46. The van der Waals surface area contributed by atoms with Gasteiger partial charge in [-0.05, 0) is 30.0 Å². The van der Waals surface area contributed by atoms with E-state index in [4.69, 9.17) is 5.73 Å². The summed E-state index contributed by atoms with van der Waals surface area (Å²) in [6, 6.07) is 5.87. The van der Waals surface area contributed by atoms with Crippen LogP contribution in [0.1, 0.15) is 22.8 Å². The average molecular weight is 163 g/mol. The van der Waals surface area contributed by atoms with Gasteiger partial charge < -0.3 is 10.8 Å². The van der Waals surface area contributed by atoms with E-state index in [1.807, 2.05) is 12.1 Å². The summed E-state index contributed by atoms with van der Waals surface area (Å²) in [6.45, 7) is 2.06. The Morgan fingerprint density at radius 2 is 2.25 bits per heavy atom. The Balaban J connectivity index is 2.53. The molecule has 0 radical (unpaired) electrons. The number of hydrogen-bond donors (Lipinski definition) is 2. The van der Waals surface area contributed by atoms with E-state index in [0.717, 1.165) is 12.0 Å². The lowest BCUT2D eigenvalue weighted by atomic mass is 10.0. The molecule has 0 heterocycles. The topological polar surface area (TPSA) is 46.2 Å². The fourth-order valence-corrected chi connectivity index (χ4v) is 1.86. The van der Waals surface area contributed by atoms with Crippen molar-refractivity contribution in [3.05, 3.63) is 34.9 Å². The Labute approximate surface area is 72.0 Å². The van der Waals surface area contributed by atoms with Gasteiger partial charge in [-0.15, -0.1) is 0 Å². The number of aryl methyl sites for hydroxylation is 1. The molecule has 2 rings (SSSR count). The highest BCUT2D eigenvalue weighted by atomic mass is 16.3. The van der Waals surface area contributed by atoms with Crippen LogP contribution in [0, 0.1) is 6.92 Å². The average Bonchev–Trinajstić information content (AvgIpc) is 2.32. The molecule has 0 spiro atoms. The van der Waals surface area contributed by atoms with Crippen molar-refractivity contribution in [1.82, 2.24) is 0 Å². The van der Waals surface area contributed by atoms with Crippen LogP contribution in [0.25, 0.3) is 0 Å². The van der Waals surface area contributed by atoms with Gasteiger partial charge in [0, 0.05) is 6.04 Å². The van der Waals surface area contributed by atoms with Gasteiger partial charge in [0.25, 0.3) is 0 Å². The molecule has 2 nitrogen and oxygen atoms in total. The minimum absolute atomic E-state index is 0.110. The minimum atomic E-state index is -0.458. The zero-order valence-electron chi connectivity index (χ0n) is 7.12. The quantitative estimate of drug-likeness (QED) is 0.597. The van der Waals surface area contributed by atoms with Crippen LogP contribution in [0.15, 0.2) is 18.2 Å². The van der Waals surface area contributed by atoms with Crippen molar-refractivity contribution in [3.8, 4) is 0 Å². The predicted molar refractivity (Wildman–Crippen MR) is 47.8 cm³/mol. The summed E-state index contributed by atoms with van der Waals surface area (Å²) in [4.78, 5) is 0. The first kappa shape index (κ1) is 7.77. The molecule has 0 aromatic heterocycles. The second-order valence-electron chi connectivity index (χ2n) is 3.46. The van der Waals surface area contributed by atoms with Crippen molar-refractivity contribution in [3.63, 3.8) is 0 Å². The van der Waals surface area contributed by atoms with Gasteiger partial charge in [0.15, 0.2) is 0 Å². The van der Waals surface area contributed by atoms with Crippen LogP contribution in [0.3, 0.4) is 0 Å². The van der Waals surface area contributed by atoms with Gasteiger partial charge in [-0.1, -0.05) is 18.2 Å². The molecule has 2 atom stereocenters. The maximum Gasteiger partial charge on any atom is 0.0946 e. The zero-order valence-corrected chi connectivity index (χ0v) is 7.12. The molecule has 0 fully saturated rings. The third-order valence-corrected chi connectivity index (χ3v) is 2.61. The molecule has 3 N–H and O–H groups in total. The molecule has 2 heteroatoms. The standard InChI is InChI=1S/C10H13NO/c1-6-3-2-4-7-8(6)5-9(11)10(7)12/h2-4,9-10,12H,5,11H2,1H3/t9-,10+/m1/s1. The fourth-order valence-electron chi connectivity index (χ4n) is 1.86. The molecule has 1 aromatic carbocycles. The molecule has 1 aromatic rings. The number of hydrogen-bond acceptors (Lipinski definition) is 2. The third kappa shape index (κ3) is 0.958. The summed E-state index contributed by atoms with van der Waals surface area (Å²) in [5.41, 5.74) is 9.23. The van der Waals surface area contributed by atoms with Crippen molar-refractivity contribution in [2.75, 3.05) is 0 Å². The molecule has 1 aliphatic rings. The Kier molecular flexibility index (Phi) is 1.67. The smallest absolute Gasteiger partial charge is 0.0946 e. The third-order valence-electron chi connectivity index (χ3n) is 2.61. The van der Waals surface area contributed by atoms with E-state index < -0.39 is 6.10 Å². The van der Waals surface area contributed by atoms with Crippen LogP contribution in [-0.2, 0) is 6.42 Å². The summed E-state index contributed by atoms with van der Waals surface area (Å²) in [5, 5.41) is 9.65. The largest absolute Gasteiger partial charge is 0.387 e. The normalized spacial score (nSPS) is 27.2. The predicted octanol–water partition coefficient (Wildman–Crippen LogP) is 0.912. The molecule has 0 saturated carbocycles. The Morgan fingerprint density at radius 3 is 2.92 bits per heavy atom. The summed E-state index contributed by atoms with van der Waals surface area (Å²) in [7, 11) is 0. The zero-order chi connectivity index (χ0) is 8.72. The number of aliphatic hydroxyl groups is 1. The van der Waals surface area contributed by atoms with Crippen molar-refractivity contribution in [1.29, 1.82) is 0 Å². The Morgan fingerprint density at radius 1 is 1.50 bits per heavy atom. The second kappa shape index (κ2) is 2.57. The molecule has 1 aliphatic carbocycles. The molecule has 12 heavy (non-hydrogen) atoms. The first-order valence-corrected chi connectivity index (χ1v) is 4.22. The van der Waals surface area contributed by atoms with Gasteiger partial charge in [0.05, 0.1) is 6.10 Å². The van der Waals surface area contributed by atoms with Gasteiger partial charge in [-0.2, -0.15) is 0 Å². The van der Waals surface area contributed by atoms with E-state index in [-0.39, 0.29) is 6.04 Å². The van der Waals surface area contributed by atoms with Crippen molar-refractivity contribution >= 4 is 0 Å². The number of rotatable bonds is 0. The molecule has 0 aliphatic heterocycles. The van der Waals surface area contributed by atoms with Crippen LogP contribution >= 0.6 is 0 Å². The lowest BCUT2D eigenvalue weighted by Crippen LogP contribution is -2.24. The molecule has 64 valence electrons. The fraction of sp³-hybridized carbons (Fsp3) is 0.400. The highest BCUT2D eigenvalue weighted by Crippen LogP contribution is 2.31. The lowest BCUT2D eigenvalue weighted by Gasteiger charge is -2.07. The van der Waals surface area contributed by atoms with E-state index in [2.05, 4.69) is 13.0 Å². The minimum Gasteiger partial charge on any atom is -0.387 e. The maximum absolute atomic E-state index is 9.65. The Bertz CT molecular complexity index is 309. The number of nitrogens with two attached hydrogens (primary N) is 1. The maximum atomic E-state index is 9.65. The van der Waals surface area contributed by atoms with Gasteiger partial charge in [-0.3, -0.25) is 0 Å². The van der Waals surface area contributed by atoms with Crippen LogP contribution < -0.4 is 5.73 Å². The Hall–Kier alpha value is -0.860. The SMILES string of the molecule is Cc1cccc2c1C[C@@H](N)[C@H]2O. The van der Waals surface area contributed by atoms with Crippen molar-refractivity contribution in [2.24, 2.45) is 5.73 Å². The summed E-state index contributed by atoms with van der Waals surface area (Å²) < 4.78 is 0. The van der Waals surface area contributed by atoms with E-state index in [1.165, 1.54) is 11.1 Å². The highest BCUT2D eigenvalue weighted by Gasteiger charge is 2.28. The van der Waals surface area contributed by atoms with Crippen LogP contribution in [-0.4, -0.2) is 11.1 Å². The molecular formula is C10H13NO. The number of fused-ring (bicyclic) bond motifs is 1. The van der Waals surface area contributed by atoms with E-state index in [9.17, 15) is 5.11 Å². The van der Waals surface area contributed by atoms with Gasteiger partial charge in [0.1, 0.15) is 0 Å². The molecule has 0 bridgehead atoms. The van der Waals surface area contributed by atoms with E-state index >= 15 is 0 Å². The monoisotopic (exact) mass is 163 g/mol. The van der Waals surface area contributed by atoms with Gasteiger partial charge in [-0.25, -0.2) is 0 Å². The molecule has 0 saturated heterocycles. The van der Waals surface area contributed by atoms with E-state index in [1.54, 1.807) is 0 Å². The van der Waals surface area contributed by atoms with Crippen LogP contribution in [0.5, 0.6) is 0 Å². The van der Waals surface area contributed by atoms with Crippen molar-refractivity contribution in [2.45, 2.75) is 25.5 Å². The van der Waals surface area contributed by atoms with Gasteiger partial charge >= 0.3 is 0 Å². The van der Waals surface area contributed by atoms with Crippen LogP contribution in [0.4, 0.5) is 0 Å². The lowest BCUT2D eigenvalue weighted by molar-refractivity contribution is 0.159. The van der Waals surface area contributed by atoms with E-state index in [0.29, 0.717) is 0 Å². The number of benzene rings is 1. The van der Waals surface area contributed by atoms with Crippen LogP contribution in [0.2, 0.25) is 0 Å². The number of aliphatic hydroxyl groups excluding tert-OH is 1. The van der Waals surface area contributed by atoms with Crippen molar-refractivity contribution < 1.29 is 5.11 Å². The summed E-state index contributed by atoms with van der Waals surface area (Å²) in [6.07, 6.45) is 0.350. The summed E-state index contributed by atoms with van der Waals surface area (Å²) in [5.74, 6) is 0. The molecule has 0 amide bonds. The van der Waals surface area contributed by atoms with Gasteiger partial charge in [0.2, 0.25) is 0 Å². The molecule has 0 unspecified atom stereocenters. The summed E-state index contributed by atoms with van der Waals surface area (Å²) >= 11 is 0. The highest BCUT2D eigenvalue weighted by molar-refractivity contribution is 5.41.